The average Bonchev–Trinajstić information content (AvgIpc) is 3.28. The maximum absolute atomic E-state index is 11.5. The number of nitrogens with two attached hydrogens (primary N) is 1. The summed E-state index contributed by atoms with van der Waals surface area (Å²) in [5, 5.41) is 0. The van der Waals surface area contributed by atoms with Crippen LogP contribution in [0.2, 0.25) is 0 Å². The van der Waals surface area contributed by atoms with Crippen LogP contribution in [0.5, 0.6) is 0 Å². The van der Waals surface area contributed by atoms with Crippen LogP contribution in [0, 0.1) is 0 Å². The number of carbonyl (C=O) groups excluding carboxylic acids is 1. The van der Waals surface area contributed by atoms with Gasteiger partial charge in [0, 0.05) is 36.3 Å². The highest BCUT2D eigenvalue weighted by Crippen LogP contribution is 2.29. The van der Waals surface area contributed by atoms with Gasteiger partial charge in [0.05, 0.1) is 6.61 Å². The number of nitrogen functional groups attached to an aromatic ring is 1. The Hall–Kier alpha value is -0.950. The van der Waals surface area contributed by atoms with Crippen molar-refractivity contribution in [3.8, 4) is 0 Å². The molecule has 0 saturated heterocycles. The molecule has 2 rings (SSSR count). The Labute approximate surface area is 127 Å². The summed E-state index contributed by atoms with van der Waals surface area (Å²) in [6.45, 7) is 2.53. The Balaban J connectivity index is 2.05. The smallest absolute Gasteiger partial charge is 0.265 e. The standard InChI is InChI=1S/C14H20BrN3O2/c1-20-7-6-18(12-4-5-12)9-11-3-2-10(8-13(11)15)14(19)17-16/h2-3,8,12H,4-7,9,16H2,1H3,(H,17,19). The first-order valence-electron chi connectivity index (χ1n) is 6.68. The fraction of sp³-hybridized carbons (Fsp3) is 0.500. The third kappa shape index (κ3) is 4.02. The highest BCUT2D eigenvalue weighted by Gasteiger charge is 2.28. The van der Waals surface area contributed by atoms with Crippen LogP contribution in [0.3, 0.4) is 0 Å². The third-order valence-corrected chi connectivity index (χ3v) is 4.20. The molecule has 1 fully saturated rings. The number of hydrogen-bond donors (Lipinski definition) is 2. The van der Waals surface area contributed by atoms with Gasteiger partial charge in [0.1, 0.15) is 0 Å². The largest absolute Gasteiger partial charge is 0.383 e. The lowest BCUT2D eigenvalue weighted by Crippen LogP contribution is -2.30. The van der Waals surface area contributed by atoms with Gasteiger partial charge < -0.3 is 4.74 Å². The summed E-state index contributed by atoms with van der Waals surface area (Å²) in [7, 11) is 1.72. The zero-order chi connectivity index (χ0) is 14.5. The molecule has 1 aliphatic carbocycles. The van der Waals surface area contributed by atoms with Crippen molar-refractivity contribution in [2.45, 2.75) is 25.4 Å². The molecule has 0 heterocycles. The average molecular weight is 342 g/mol. The Morgan fingerprint density at radius 3 is 2.85 bits per heavy atom. The number of rotatable bonds is 7. The fourth-order valence-electron chi connectivity index (χ4n) is 2.16. The predicted octanol–water partition coefficient (Wildman–Crippen LogP) is 1.66. The van der Waals surface area contributed by atoms with Gasteiger partial charge in [0.15, 0.2) is 0 Å². The Morgan fingerprint density at radius 1 is 1.55 bits per heavy atom. The van der Waals surface area contributed by atoms with E-state index in [1.165, 1.54) is 18.4 Å². The van der Waals surface area contributed by atoms with E-state index in [2.05, 4.69) is 26.3 Å². The molecule has 0 bridgehead atoms. The Kier molecular flexibility index (Phi) is 5.54. The Bertz CT molecular complexity index is 477. The molecule has 0 aromatic heterocycles. The number of benzene rings is 1. The van der Waals surface area contributed by atoms with Gasteiger partial charge in [0.2, 0.25) is 0 Å². The second-order valence-corrected chi connectivity index (χ2v) is 5.83. The minimum Gasteiger partial charge on any atom is -0.383 e. The van der Waals surface area contributed by atoms with Crippen molar-refractivity contribution in [3.63, 3.8) is 0 Å². The van der Waals surface area contributed by atoms with E-state index in [0.717, 1.165) is 24.2 Å². The molecular weight excluding hydrogens is 322 g/mol. The normalized spacial score (nSPS) is 14.6. The van der Waals surface area contributed by atoms with E-state index in [1.54, 1.807) is 19.2 Å². The van der Waals surface area contributed by atoms with Crippen LogP contribution in [0.4, 0.5) is 0 Å². The molecule has 1 aromatic carbocycles. The van der Waals surface area contributed by atoms with Crippen molar-refractivity contribution in [1.82, 2.24) is 10.3 Å². The monoisotopic (exact) mass is 341 g/mol. The van der Waals surface area contributed by atoms with Gasteiger partial charge in [0.25, 0.3) is 5.91 Å². The summed E-state index contributed by atoms with van der Waals surface area (Å²) in [6, 6.07) is 6.24. The first-order valence-corrected chi connectivity index (χ1v) is 7.47. The number of nitrogens with one attached hydrogen (secondary N) is 1. The van der Waals surface area contributed by atoms with Crippen molar-refractivity contribution in [2.24, 2.45) is 5.84 Å². The van der Waals surface area contributed by atoms with Crippen molar-refractivity contribution in [3.05, 3.63) is 33.8 Å². The minimum absolute atomic E-state index is 0.282. The number of ether oxygens (including phenoxy) is 1. The maximum atomic E-state index is 11.5. The second-order valence-electron chi connectivity index (χ2n) is 4.97. The van der Waals surface area contributed by atoms with Crippen LogP contribution in [0.25, 0.3) is 0 Å². The number of methoxy groups -OCH3 is 1. The molecule has 0 radical (unpaired) electrons. The third-order valence-electron chi connectivity index (χ3n) is 3.47. The number of halogens is 1. The van der Waals surface area contributed by atoms with E-state index in [1.807, 2.05) is 6.07 Å². The first-order chi connectivity index (χ1) is 9.65. The lowest BCUT2D eigenvalue weighted by molar-refractivity contribution is 0.0953. The molecule has 1 aliphatic rings. The quantitative estimate of drug-likeness (QED) is 0.449. The molecule has 6 heteroatoms. The molecule has 1 saturated carbocycles. The van der Waals surface area contributed by atoms with E-state index in [4.69, 9.17) is 10.6 Å². The summed E-state index contributed by atoms with van der Waals surface area (Å²) < 4.78 is 6.10. The van der Waals surface area contributed by atoms with E-state index in [-0.39, 0.29) is 5.91 Å². The Morgan fingerprint density at radius 2 is 2.30 bits per heavy atom. The van der Waals surface area contributed by atoms with E-state index < -0.39 is 0 Å². The number of amides is 1. The molecule has 5 nitrogen and oxygen atoms in total. The number of hydrogen-bond acceptors (Lipinski definition) is 4. The summed E-state index contributed by atoms with van der Waals surface area (Å²) in [5.74, 6) is 4.86. The zero-order valence-corrected chi connectivity index (χ0v) is 13.1. The molecule has 3 N–H and O–H groups in total. The summed E-state index contributed by atoms with van der Waals surface area (Å²) >= 11 is 3.53. The van der Waals surface area contributed by atoms with E-state index >= 15 is 0 Å². The minimum atomic E-state index is -0.282. The van der Waals surface area contributed by atoms with Gasteiger partial charge in [-0.2, -0.15) is 0 Å². The van der Waals surface area contributed by atoms with Crippen LogP contribution in [-0.4, -0.2) is 37.1 Å². The highest BCUT2D eigenvalue weighted by atomic mass is 79.9. The van der Waals surface area contributed by atoms with Crippen molar-refractivity contribution in [2.75, 3.05) is 20.3 Å². The van der Waals surface area contributed by atoms with Crippen LogP contribution in [-0.2, 0) is 11.3 Å². The van der Waals surface area contributed by atoms with Gasteiger partial charge in [-0.1, -0.05) is 22.0 Å². The molecule has 0 aliphatic heterocycles. The molecule has 0 atom stereocenters. The molecule has 0 unspecified atom stereocenters. The lowest BCUT2D eigenvalue weighted by Gasteiger charge is -2.22. The zero-order valence-electron chi connectivity index (χ0n) is 11.6. The number of nitrogens with zero attached hydrogens (tertiary/aromatic N) is 1. The molecular formula is C14H20BrN3O2. The van der Waals surface area contributed by atoms with Gasteiger partial charge in [-0.3, -0.25) is 15.1 Å². The van der Waals surface area contributed by atoms with E-state index in [0.29, 0.717) is 11.6 Å². The summed E-state index contributed by atoms with van der Waals surface area (Å²) in [6.07, 6.45) is 2.52. The first kappa shape index (κ1) is 15.4. The molecule has 1 aromatic rings. The second kappa shape index (κ2) is 7.17. The molecule has 20 heavy (non-hydrogen) atoms. The van der Waals surface area contributed by atoms with E-state index in [9.17, 15) is 4.79 Å². The van der Waals surface area contributed by atoms with Gasteiger partial charge in [-0.05, 0) is 30.5 Å². The topological polar surface area (TPSA) is 67.6 Å². The van der Waals surface area contributed by atoms with Gasteiger partial charge >= 0.3 is 0 Å². The van der Waals surface area contributed by atoms with Crippen LogP contribution < -0.4 is 11.3 Å². The number of carbonyl (C=O) groups is 1. The molecule has 110 valence electrons. The summed E-state index contributed by atoms with van der Waals surface area (Å²) in [5.41, 5.74) is 3.86. The van der Waals surface area contributed by atoms with Gasteiger partial charge in [-0.15, -0.1) is 0 Å². The fourth-order valence-corrected chi connectivity index (χ4v) is 2.66. The van der Waals surface area contributed by atoms with Crippen molar-refractivity contribution >= 4 is 21.8 Å². The SMILES string of the molecule is COCCN(Cc1ccc(C(=O)NN)cc1Br)C1CC1. The maximum Gasteiger partial charge on any atom is 0.265 e. The van der Waals surface area contributed by atoms with Gasteiger partial charge in [-0.25, -0.2) is 5.84 Å². The van der Waals surface area contributed by atoms with Crippen molar-refractivity contribution < 1.29 is 9.53 Å². The number of hydrazine groups is 1. The highest BCUT2D eigenvalue weighted by molar-refractivity contribution is 9.10. The summed E-state index contributed by atoms with van der Waals surface area (Å²) in [4.78, 5) is 13.9. The van der Waals surface area contributed by atoms with Crippen LogP contribution in [0.15, 0.2) is 22.7 Å². The lowest BCUT2D eigenvalue weighted by atomic mass is 10.1. The molecule has 0 spiro atoms. The van der Waals surface area contributed by atoms with Crippen molar-refractivity contribution in [1.29, 1.82) is 0 Å². The van der Waals surface area contributed by atoms with Crippen LogP contribution >= 0.6 is 15.9 Å². The van der Waals surface area contributed by atoms with Crippen LogP contribution in [0.1, 0.15) is 28.8 Å². The predicted molar refractivity (Wildman–Crippen MR) is 81.1 cm³/mol. The molecule has 1 amide bonds.